The lowest BCUT2D eigenvalue weighted by atomic mass is 10.0. The van der Waals surface area contributed by atoms with Gasteiger partial charge in [-0.05, 0) is 31.0 Å². The maximum absolute atomic E-state index is 13.3. The van der Waals surface area contributed by atoms with Crippen LogP contribution in [0.5, 0.6) is 0 Å². The summed E-state index contributed by atoms with van der Waals surface area (Å²) in [7, 11) is 0. The van der Waals surface area contributed by atoms with Crippen molar-refractivity contribution < 1.29 is 13.9 Å². The van der Waals surface area contributed by atoms with E-state index in [2.05, 4.69) is 5.32 Å². The predicted octanol–water partition coefficient (Wildman–Crippen LogP) is 1.23. The molecular weight excluding hydrogens is 200 g/mol. The minimum atomic E-state index is -0.573. The standard InChI is InChI=1S/C11H13F2NO/c12-8-2-1-7(9(13)6-8)5-10-11(15)3-4-14-10/h1-2,6,10-11,14-15H,3-5H2. The van der Waals surface area contributed by atoms with E-state index < -0.39 is 17.7 Å². The van der Waals surface area contributed by atoms with Gasteiger partial charge >= 0.3 is 0 Å². The Bertz CT molecular complexity index is 356. The highest BCUT2D eigenvalue weighted by atomic mass is 19.1. The van der Waals surface area contributed by atoms with Crippen LogP contribution in [-0.4, -0.2) is 23.8 Å². The van der Waals surface area contributed by atoms with Crippen molar-refractivity contribution in [3.63, 3.8) is 0 Å². The Hall–Kier alpha value is -1.00. The van der Waals surface area contributed by atoms with Crippen molar-refractivity contribution in [1.82, 2.24) is 5.32 Å². The SMILES string of the molecule is OC1CCNC1Cc1ccc(F)cc1F. The second-order valence-electron chi connectivity index (χ2n) is 3.86. The third kappa shape index (κ3) is 2.33. The van der Waals surface area contributed by atoms with E-state index in [0.29, 0.717) is 18.4 Å². The van der Waals surface area contributed by atoms with Crippen LogP contribution in [-0.2, 0) is 6.42 Å². The largest absolute Gasteiger partial charge is 0.391 e. The molecule has 1 aromatic carbocycles. The molecule has 0 saturated carbocycles. The Labute approximate surface area is 86.9 Å². The first-order chi connectivity index (χ1) is 7.16. The lowest BCUT2D eigenvalue weighted by Gasteiger charge is -2.14. The summed E-state index contributed by atoms with van der Waals surface area (Å²) in [5, 5.41) is 12.6. The van der Waals surface area contributed by atoms with Crippen molar-refractivity contribution in [2.75, 3.05) is 6.54 Å². The van der Waals surface area contributed by atoms with Crippen LogP contribution >= 0.6 is 0 Å². The molecule has 2 N–H and O–H groups in total. The summed E-state index contributed by atoms with van der Waals surface area (Å²) in [5.74, 6) is -1.12. The highest BCUT2D eigenvalue weighted by Gasteiger charge is 2.25. The molecule has 2 atom stereocenters. The van der Waals surface area contributed by atoms with Crippen molar-refractivity contribution in [3.05, 3.63) is 35.4 Å². The maximum Gasteiger partial charge on any atom is 0.129 e. The Morgan fingerprint density at radius 3 is 2.80 bits per heavy atom. The first kappa shape index (κ1) is 10.5. The summed E-state index contributed by atoms with van der Waals surface area (Å²) in [5.41, 5.74) is 0.440. The Morgan fingerprint density at radius 2 is 2.20 bits per heavy atom. The van der Waals surface area contributed by atoms with E-state index in [0.717, 1.165) is 12.6 Å². The summed E-state index contributed by atoms with van der Waals surface area (Å²) in [6.07, 6.45) is 0.648. The zero-order valence-corrected chi connectivity index (χ0v) is 8.21. The fourth-order valence-electron chi connectivity index (χ4n) is 1.89. The second-order valence-corrected chi connectivity index (χ2v) is 3.86. The molecule has 0 aromatic heterocycles. The lowest BCUT2D eigenvalue weighted by molar-refractivity contribution is 0.158. The summed E-state index contributed by atoms with van der Waals surface area (Å²) < 4.78 is 25.9. The predicted molar refractivity (Wildman–Crippen MR) is 52.5 cm³/mol. The smallest absolute Gasteiger partial charge is 0.129 e. The van der Waals surface area contributed by atoms with E-state index in [1.165, 1.54) is 12.1 Å². The van der Waals surface area contributed by atoms with Gasteiger partial charge in [-0.2, -0.15) is 0 Å². The summed E-state index contributed by atoms with van der Waals surface area (Å²) in [6, 6.07) is 3.42. The first-order valence-corrected chi connectivity index (χ1v) is 5.02. The van der Waals surface area contributed by atoms with Crippen LogP contribution in [0, 0.1) is 11.6 Å². The van der Waals surface area contributed by atoms with E-state index in [4.69, 9.17) is 0 Å². The highest BCUT2D eigenvalue weighted by Crippen LogP contribution is 2.16. The van der Waals surface area contributed by atoms with Gasteiger partial charge in [0.2, 0.25) is 0 Å². The Morgan fingerprint density at radius 1 is 1.40 bits per heavy atom. The van der Waals surface area contributed by atoms with Crippen LogP contribution in [0.1, 0.15) is 12.0 Å². The van der Waals surface area contributed by atoms with Gasteiger partial charge in [0.05, 0.1) is 6.10 Å². The molecule has 1 aromatic rings. The zero-order chi connectivity index (χ0) is 10.8. The van der Waals surface area contributed by atoms with E-state index in [-0.39, 0.29) is 6.04 Å². The van der Waals surface area contributed by atoms with Crippen molar-refractivity contribution in [2.45, 2.75) is 25.0 Å². The molecule has 4 heteroatoms. The minimum Gasteiger partial charge on any atom is -0.391 e. The van der Waals surface area contributed by atoms with Gasteiger partial charge in [0, 0.05) is 12.1 Å². The number of nitrogens with one attached hydrogen (secondary N) is 1. The van der Waals surface area contributed by atoms with Gasteiger partial charge in [-0.15, -0.1) is 0 Å². The lowest BCUT2D eigenvalue weighted by Crippen LogP contribution is -2.32. The van der Waals surface area contributed by atoms with Gasteiger partial charge in [-0.1, -0.05) is 6.07 Å². The fraction of sp³-hybridized carbons (Fsp3) is 0.455. The molecule has 1 fully saturated rings. The molecule has 0 amide bonds. The second kappa shape index (κ2) is 4.24. The van der Waals surface area contributed by atoms with Crippen LogP contribution in [0.15, 0.2) is 18.2 Å². The summed E-state index contributed by atoms with van der Waals surface area (Å²) >= 11 is 0. The van der Waals surface area contributed by atoms with Crippen LogP contribution in [0.2, 0.25) is 0 Å². The molecular formula is C11H13F2NO. The van der Waals surface area contributed by atoms with Crippen molar-refractivity contribution in [1.29, 1.82) is 0 Å². The van der Waals surface area contributed by atoms with Crippen LogP contribution in [0.3, 0.4) is 0 Å². The van der Waals surface area contributed by atoms with E-state index in [1.54, 1.807) is 0 Å². The highest BCUT2D eigenvalue weighted by molar-refractivity contribution is 5.20. The number of aliphatic hydroxyl groups is 1. The van der Waals surface area contributed by atoms with E-state index in [1.807, 2.05) is 0 Å². The number of halogens is 2. The van der Waals surface area contributed by atoms with Crippen LogP contribution < -0.4 is 5.32 Å². The molecule has 1 aliphatic heterocycles. The minimum absolute atomic E-state index is 0.120. The molecule has 2 unspecified atom stereocenters. The Kier molecular flexibility index (Phi) is 2.98. The molecule has 2 nitrogen and oxygen atoms in total. The number of aliphatic hydroxyl groups excluding tert-OH is 1. The van der Waals surface area contributed by atoms with E-state index >= 15 is 0 Å². The number of hydrogen-bond donors (Lipinski definition) is 2. The molecule has 82 valence electrons. The average Bonchev–Trinajstić information content (AvgIpc) is 2.57. The number of rotatable bonds is 2. The van der Waals surface area contributed by atoms with Crippen molar-refractivity contribution in [3.8, 4) is 0 Å². The number of benzene rings is 1. The molecule has 1 aliphatic rings. The average molecular weight is 213 g/mol. The molecule has 1 saturated heterocycles. The zero-order valence-electron chi connectivity index (χ0n) is 8.21. The molecule has 0 spiro atoms. The van der Waals surface area contributed by atoms with Crippen molar-refractivity contribution in [2.24, 2.45) is 0 Å². The quantitative estimate of drug-likeness (QED) is 0.774. The fourth-order valence-corrected chi connectivity index (χ4v) is 1.89. The third-order valence-corrected chi connectivity index (χ3v) is 2.77. The summed E-state index contributed by atoms with van der Waals surface area (Å²) in [6.45, 7) is 0.745. The monoisotopic (exact) mass is 213 g/mol. The van der Waals surface area contributed by atoms with Crippen molar-refractivity contribution >= 4 is 0 Å². The van der Waals surface area contributed by atoms with Crippen LogP contribution in [0.4, 0.5) is 8.78 Å². The Balaban J connectivity index is 2.10. The molecule has 0 radical (unpaired) electrons. The van der Waals surface area contributed by atoms with E-state index in [9.17, 15) is 13.9 Å². The van der Waals surface area contributed by atoms with Crippen LogP contribution in [0.25, 0.3) is 0 Å². The molecule has 15 heavy (non-hydrogen) atoms. The van der Waals surface area contributed by atoms with Gasteiger partial charge in [-0.3, -0.25) is 0 Å². The maximum atomic E-state index is 13.3. The summed E-state index contributed by atoms with van der Waals surface area (Å²) in [4.78, 5) is 0. The topological polar surface area (TPSA) is 32.3 Å². The molecule has 0 aliphatic carbocycles. The van der Waals surface area contributed by atoms with Gasteiger partial charge < -0.3 is 10.4 Å². The molecule has 0 bridgehead atoms. The molecule has 2 rings (SSSR count). The molecule has 1 heterocycles. The van der Waals surface area contributed by atoms with Gasteiger partial charge in [0.1, 0.15) is 11.6 Å². The van der Waals surface area contributed by atoms with Gasteiger partial charge in [0.25, 0.3) is 0 Å². The number of hydrogen-bond acceptors (Lipinski definition) is 2. The van der Waals surface area contributed by atoms with Gasteiger partial charge in [0.15, 0.2) is 0 Å². The first-order valence-electron chi connectivity index (χ1n) is 5.02. The normalized spacial score (nSPS) is 25.8. The third-order valence-electron chi connectivity index (χ3n) is 2.77. The van der Waals surface area contributed by atoms with Gasteiger partial charge in [-0.25, -0.2) is 8.78 Å².